The van der Waals surface area contributed by atoms with Gasteiger partial charge in [-0.2, -0.15) is 0 Å². The van der Waals surface area contributed by atoms with Crippen molar-refractivity contribution >= 4 is 11.6 Å². The number of benzene rings is 1. The van der Waals surface area contributed by atoms with Crippen molar-refractivity contribution in [3.05, 3.63) is 29.8 Å². The Hall–Kier alpha value is -1.39. The molecule has 0 bridgehead atoms. The highest BCUT2D eigenvalue weighted by molar-refractivity contribution is 5.93. The van der Waals surface area contributed by atoms with E-state index in [0.29, 0.717) is 13.1 Å². The van der Waals surface area contributed by atoms with E-state index in [4.69, 9.17) is 5.73 Å². The molecule has 0 spiro atoms. The number of nitrogens with zero attached hydrogens (tertiary/aromatic N) is 1. The Bertz CT molecular complexity index is 447. The van der Waals surface area contributed by atoms with E-state index >= 15 is 0 Å². The number of anilines is 1. The van der Waals surface area contributed by atoms with Gasteiger partial charge in [0.15, 0.2) is 0 Å². The zero-order valence-corrected chi connectivity index (χ0v) is 13.8. The van der Waals surface area contributed by atoms with E-state index in [9.17, 15) is 4.79 Å². The molecule has 0 aliphatic heterocycles. The molecule has 0 atom stereocenters. The maximum Gasteiger partial charge on any atom is 0.238 e. The van der Waals surface area contributed by atoms with E-state index in [0.717, 1.165) is 30.6 Å². The van der Waals surface area contributed by atoms with Gasteiger partial charge >= 0.3 is 0 Å². The van der Waals surface area contributed by atoms with Gasteiger partial charge in [-0.1, -0.05) is 39.0 Å². The molecule has 0 aromatic heterocycles. The monoisotopic (exact) mass is 291 g/mol. The molecule has 1 amide bonds. The molecule has 0 radical (unpaired) electrons. The lowest BCUT2D eigenvalue weighted by molar-refractivity contribution is -0.119. The van der Waals surface area contributed by atoms with E-state index in [1.54, 1.807) is 0 Å². The molecule has 1 rings (SSSR count). The number of carbonyl (C=O) groups excluding carboxylic acids is 1. The Morgan fingerprint density at radius 2 is 1.86 bits per heavy atom. The summed E-state index contributed by atoms with van der Waals surface area (Å²) in [5.74, 6) is 0.0193. The average molecular weight is 291 g/mol. The minimum atomic E-state index is -0.0855. The van der Waals surface area contributed by atoms with Crippen molar-refractivity contribution in [1.82, 2.24) is 4.90 Å². The van der Waals surface area contributed by atoms with Crippen LogP contribution < -0.4 is 11.1 Å². The van der Waals surface area contributed by atoms with Crippen molar-refractivity contribution in [2.45, 2.75) is 46.1 Å². The molecule has 1 aromatic rings. The van der Waals surface area contributed by atoms with Crippen LogP contribution in [0.2, 0.25) is 0 Å². The number of rotatable bonds is 8. The summed E-state index contributed by atoms with van der Waals surface area (Å²) >= 11 is 0. The zero-order chi connectivity index (χ0) is 15.9. The lowest BCUT2D eigenvalue weighted by atomic mass is 9.90. The third-order valence-electron chi connectivity index (χ3n) is 4.50. The molecule has 0 fully saturated rings. The first-order valence-electron chi connectivity index (χ1n) is 7.83. The van der Waals surface area contributed by atoms with Gasteiger partial charge in [0.05, 0.1) is 6.54 Å². The van der Waals surface area contributed by atoms with E-state index in [-0.39, 0.29) is 11.4 Å². The molecule has 21 heavy (non-hydrogen) atoms. The standard InChI is InChI=1S/C17H29N3O/c1-5-17(6-2,13-18)20(7-3)12-16(21)19-15-11-9-8-10-14(15)4/h8-11H,5-7,12-13,18H2,1-4H3,(H,19,21). The number of nitrogens with two attached hydrogens (primary N) is 1. The molecule has 3 N–H and O–H groups in total. The number of amides is 1. The van der Waals surface area contributed by atoms with Crippen molar-refractivity contribution in [2.24, 2.45) is 5.73 Å². The number of hydrogen-bond donors (Lipinski definition) is 2. The Morgan fingerprint density at radius 3 is 2.33 bits per heavy atom. The van der Waals surface area contributed by atoms with E-state index in [1.165, 1.54) is 0 Å². The van der Waals surface area contributed by atoms with Crippen molar-refractivity contribution in [3.63, 3.8) is 0 Å². The number of aryl methyl sites for hydroxylation is 1. The van der Waals surface area contributed by atoms with Crippen molar-refractivity contribution in [2.75, 3.05) is 25.0 Å². The summed E-state index contributed by atoms with van der Waals surface area (Å²) in [6.45, 7) is 10.1. The largest absolute Gasteiger partial charge is 0.329 e. The predicted molar refractivity (Wildman–Crippen MR) is 89.4 cm³/mol. The molecule has 1 aromatic carbocycles. The lowest BCUT2D eigenvalue weighted by Gasteiger charge is -2.41. The molecule has 118 valence electrons. The lowest BCUT2D eigenvalue weighted by Crippen LogP contribution is -2.55. The average Bonchev–Trinajstić information content (AvgIpc) is 2.50. The van der Waals surface area contributed by atoms with Gasteiger partial charge in [-0.15, -0.1) is 0 Å². The van der Waals surface area contributed by atoms with Gasteiger partial charge in [-0.3, -0.25) is 9.69 Å². The van der Waals surface area contributed by atoms with E-state index in [2.05, 4.69) is 31.0 Å². The van der Waals surface area contributed by atoms with Crippen LogP contribution in [-0.2, 0) is 4.79 Å². The summed E-state index contributed by atoms with van der Waals surface area (Å²) in [4.78, 5) is 14.5. The van der Waals surface area contributed by atoms with Gasteiger partial charge in [0.25, 0.3) is 0 Å². The van der Waals surface area contributed by atoms with E-state index < -0.39 is 0 Å². The zero-order valence-electron chi connectivity index (χ0n) is 13.8. The second-order valence-corrected chi connectivity index (χ2v) is 5.51. The first-order chi connectivity index (χ1) is 10.0. The molecule has 4 heteroatoms. The van der Waals surface area contributed by atoms with Crippen LogP contribution in [0.25, 0.3) is 0 Å². The third kappa shape index (κ3) is 4.29. The van der Waals surface area contributed by atoms with Crippen LogP contribution in [0.15, 0.2) is 24.3 Å². The van der Waals surface area contributed by atoms with Crippen LogP contribution in [0.1, 0.15) is 39.2 Å². The molecule has 0 aliphatic carbocycles. The van der Waals surface area contributed by atoms with Gasteiger partial charge in [-0.25, -0.2) is 0 Å². The summed E-state index contributed by atoms with van der Waals surface area (Å²) < 4.78 is 0. The van der Waals surface area contributed by atoms with Gasteiger partial charge in [0.2, 0.25) is 5.91 Å². The van der Waals surface area contributed by atoms with Crippen molar-refractivity contribution in [1.29, 1.82) is 0 Å². The van der Waals surface area contributed by atoms with Crippen LogP contribution in [0.5, 0.6) is 0 Å². The number of carbonyl (C=O) groups is 1. The van der Waals surface area contributed by atoms with E-state index in [1.807, 2.05) is 31.2 Å². The highest BCUT2D eigenvalue weighted by atomic mass is 16.2. The SMILES string of the molecule is CCN(CC(=O)Nc1ccccc1C)C(CC)(CC)CN. The topological polar surface area (TPSA) is 58.4 Å². The minimum Gasteiger partial charge on any atom is -0.329 e. The minimum absolute atomic E-state index is 0.0193. The summed E-state index contributed by atoms with van der Waals surface area (Å²) in [6, 6.07) is 7.83. The Morgan fingerprint density at radius 1 is 1.24 bits per heavy atom. The summed E-state index contributed by atoms with van der Waals surface area (Å²) in [7, 11) is 0. The number of hydrogen-bond acceptors (Lipinski definition) is 3. The molecule has 0 unspecified atom stereocenters. The molecule has 0 saturated carbocycles. The smallest absolute Gasteiger partial charge is 0.238 e. The van der Waals surface area contributed by atoms with Gasteiger partial charge in [-0.05, 0) is 37.9 Å². The van der Waals surface area contributed by atoms with Crippen molar-refractivity contribution in [3.8, 4) is 0 Å². The number of para-hydroxylation sites is 1. The molecule has 0 heterocycles. The summed E-state index contributed by atoms with van der Waals surface area (Å²) in [6.07, 6.45) is 1.90. The second-order valence-electron chi connectivity index (χ2n) is 5.51. The van der Waals surface area contributed by atoms with Crippen LogP contribution in [-0.4, -0.2) is 36.0 Å². The van der Waals surface area contributed by atoms with Gasteiger partial charge in [0, 0.05) is 17.8 Å². The third-order valence-corrected chi connectivity index (χ3v) is 4.50. The summed E-state index contributed by atoms with van der Waals surface area (Å²) in [5.41, 5.74) is 7.85. The Balaban J connectivity index is 2.77. The number of likely N-dealkylation sites (N-methyl/N-ethyl adjacent to an activating group) is 1. The predicted octanol–water partition coefficient (Wildman–Crippen LogP) is 2.77. The Kier molecular flexibility index (Phi) is 6.85. The van der Waals surface area contributed by atoms with Crippen LogP contribution in [0.3, 0.4) is 0 Å². The van der Waals surface area contributed by atoms with Gasteiger partial charge in [0.1, 0.15) is 0 Å². The van der Waals surface area contributed by atoms with Crippen LogP contribution in [0.4, 0.5) is 5.69 Å². The fourth-order valence-corrected chi connectivity index (χ4v) is 2.81. The Labute approximate surface area is 128 Å². The maximum absolute atomic E-state index is 12.3. The molecular formula is C17H29N3O. The molecule has 0 aliphatic rings. The second kappa shape index (κ2) is 8.15. The maximum atomic E-state index is 12.3. The highest BCUT2D eigenvalue weighted by Crippen LogP contribution is 2.23. The quantitative estimate of drug-likeness (QED) is 0.774. The normalized spacial score (nSPS) is 11.7. The fourth-order valence-electron chi connectivity index (χ4n) is 2.81. The van der Waals surface area contributed by atoms with Crippen molar-refractivity contribution < 1.29 is 4.79 Å². The fraction of sp³-hybridized carbons (Fsp3) is 0.588. The molecular weight excluding hydrogens is 262 g/mol. The first-order valence-corrected chi connectivity index (χ1v) is 7.83. The molecule has 4 nitrogen and oxygen atoms in total. The highest BCUT2D eigenvalue weighted by Gasteiger charge is 2.32. The first kappa shape index (κ1) is 17.7. The summed E-state index contributed by atoms with van der Waals surface area (Å²) in [5, 5.41) is 3.00. The van der Waals surface area contributed by atoms with Gasteiger partial charge < -0.3 is 11.1 Å². The van der Waals surface area contributed by atoms with Crippen LogP contribution in [0, 0.1) is 6.92 Å². The molecule has 0 saturated heterocycles. The van der Waals surface area contributed by atoms with Crippen LogP contribution >= 0.6 is 0 Å². The number of nitrogens with one attached hydrogen (secondary N) is 1.